The largest absolute Gasteiger partial charge is 0.496 e. The minimum atomic E-state index is -3.78. The number of hydrogen-bond donors (Lipinski definition) is 3. The molecular weight excluding hydrogens is 364 g/mol. The summed E-state index contributed by atoms with van der Waals surface area (Å²) >= 11 is 0. The fourth-order valence-corrected chi connectivity index (χ4v) is 3.65. The Hall–Kier alpha value is -2.17. The van der Waals surface area contributed by atoms with Crippen LogP contribution < -0.4 is 10.1 Å². The topological polar surface area (TPSA) is 133 Å². The van der Waals surface area contributed by atoms with Gasteiger partial charge >= 0.3 is 5.97 Å². The number of ether oxygens (including phenoxy) is 1. The van der Waals surface area contributed by atoms with Gasteiger partial charge in [-0.3, -0.25) is 4.79 Å². The molecule has 1 atom stereocenters. The first-order chi connectivity index (χ1) is 12.0. The first kappa shape index (κ1) is 21.9. The maximum absolute atomic E-state index is 12.6. The summed E-state index contributed by atoms with van der Waals surface area (Å²) in [6.45, 7) is 4.42. The number of benzene rings is 1. The van der Waals surface area contributed by atoms with Gasteiger partial charge in [-0.2, -0.15) is 4.31 Å². The Kier molecular flexibility index (Phi) is 7.13. The van der Waals surface area contributed by atoms with E-state index >= 15 is 0 Å². The van der Waals surface area contributed by atoms with Gasteiger partial charge in [-0.1, -0.05) is 13.8 Å². The lowest BCUT2D eigenvalue weighted by Gasteiger charge is -2.20. The number of carboxylic acid groups (broad SMARTS) is 1. The molecule has 0 aliphatic heterocycles. The predicted octanol–water partition coefficient (Wildman–Crippen LogP) is 0.291. The third kappa shape index (κ3) is 4.71. The second-order valence-electron chi connectivity index (χ2n) is 5.71. The van der Waals surface area contributed by atoms with E-state index in [0.717, 1.165) is 13.0 Å². The normalized spacial score (nSPS) is 13.9. The SMILES string of the molecule is CCN(CC)S(=O)(=O)c1ccc(OC)c(C(=O)NCC(C)(O)C(=O)O)c1. The number of sulfonamides is 1. The summed E-state index contributed by atoms with van der Waals surface area (Å²) in [4.78, 5) is 23.2. The number of nitrogens with one attached hydrogen (secondary N) is 1. The second-order valence-corrected chi connectivity index (χ2v) is 7.65. The van der Waals surface area contributed by atoms with Crippen LogP contribution in [-0.2, 0) is 14.8 Å². The molecule has 10 heteroatoms. The highest BCUT2D eigenvalue weighted by molar-refractivity contribution is 7.89. The molecule has 0 radical (unpaired) electrons. The van der Waals surface area contributed by atoms with Crippen LogP contribution >= 0.6 is 0 Å². The lowest BCUT2D eigenvalue weighted by Crippen LogP contribution is -2.46. The van der Waals surface area contributed by atoms with Crippen LogP contribution in [0.15, 0.2) is 23.1 Å². The molecule has 0 aromatic heterocycles. The zero-order valence-electron chi connectivity index (χ0n) is 15.1. The van der Waals surface area contributed by atoms with Crippen LogP contribution in [0.25, 0.3) is 0 Å². The molecule has 1 aromatic carbocycles. The predicted molar refractivity (Wildman–Crippen MR) is 93.7 cm³/mol. The van der Waals surface area contributed by atoms with Crippen LogP contribution in [0, 0.1) is 0 Å². The molecule has 1 unspecified atom stereocenters. The summed E-state index contributed by atoms with van der Waals surface area (Å²) in [5.74, 6) is -2.14. The third-order valence-corrected chi connectivity index (χ3v) is 5.86. The Morgan fingerprint density at radius 1 is 1.27 bits per heavy atom. The fourth-order valence-electron chi connectivity index (χ4n) is 2.16. The third-order valence-electron chi connectivity index (χ3n) is 3.81. The van der Waals surface area contributed by atoms with Crippen LogP contribution in [0.3, 0.4) is 0 Å². The Bertz CT molecular complexity index is 771. The lowest BCUT2D eigenvalue weighted by molar-refractivity contribution is -0.155. The molecule has 0 aliphatic rings. The van der Waals surface area contributed by atoms with Crippen molar-refractivity contribution in [3.05, 3.63) is 23.8 Å². The van der Waals surface area contributed by atoms with Crippen molar-refractivity contribution in [3.8, 4) is 5.75 Å². The number of carbonyl (C=O) groups excluding carboxylic acids is 1. The molecule has 1 rings (SSSR count). The van der Waals surface area contributed by atoms with Crippen molar-refractivity contribution in [1.82, 2.24) is 9.62 Å². The number of methoxy groups -OCH3 is 1. The smallest absolute Gasteiger partial charge is 0.337 e. The Morgan fingerprint density at radius 3 is 2.31 bits per heavy atom. The first-order valence-corrected chi connectivity index (χ1v) is 9.37. The van der Waals surface area contributed by atoms with Gasteiger partial charge < -0.3 is 20.3 Å². The highest BCUT2D eigenvalue weighted by atomic mass is 32.2. The summed E-state index contributed by atoms with van der Waals surface area (Å²) < 4.78 is 31.5. The van der Waals surface area contributed by atoms with Crippen molar-refractivity contribution in [1.29, 1.82) is 0 Å². The standard InChI is InChI=1S/C16H24N2O7S/c1-5-18(6-2)26(23,24)11-7-8-13(25-4)12(9-11)14(19)17-10-16(3,22)15(20)21/h7-9,22H,5-6,10H2,1-4H3,(H,17,19)(H,20,21). The van der Waals surface area contributed by atoms with Crippen molar-refractivity contribution in [2.45, 2.75) is 31.3 Å². The molecule has 1 amide bonds. The van der Waals surface area contributed by atoms with E-state index in [0.29, 0.717) is 0 Å². The molecular formula is C16H24N2O7S. The molecule has 146 valence electrons. The van der Waals surface area contributed by atoms with Gasteiger partial charge in [-0.25, -0.2) is 13.2 Å². The zero-order chi connectivity index (χ0) is 20.1. The number of amides is 1. The second kappa shape index (κ2) is 8.47. The molecule has 0 spiro atoms. The van der Waals surface area contributed by atoms with Crippen molar-refractivity contribution >= 4 is 21.9 Å². The number of carboxylic acids is 1. The van der Waals surface area contributed by atoms with Crippen LogP contribution in [-0.4, -0.2) is 67.2 Å². The average molecular weight is 388 g/mol. The van der Waals surface area contributed by atoms with Crippen LogP contribution in [0.5, 0.6) is 5.75 Å². The minimum absolute atomic E-state index is 0.0816. The van der Waals surface area contributed by atoms with E-state index in [1.807, 2.05) is 0 Å². The van der Waals surface area contributed by atoms with E-state index in [-0.39, 0.29) is 29.3 Å². The monoisotopic (exact) mass is 388 g/mol. The van der Waals surface area contributed by atoms with Crippen LogP contribution in [0.1, 0.15) is 31.1 Å². The average Bonchev–Trinajstić information content (AvgIpc) is 2.59. The van der Waals surface area contributed by atoms with Gasteiger partial charge in [0.1, 0.15) is 5.75 Å². The van der Waals surface area contributed by atoms with E-state index in [1.54, 1.807) is 13.8 Å². The zero-order valence-corrected chi connectivity index (χ0v) is 16.0. The molecule has 1 aromatic rings. The number of carbonyl (C=O) groups is 2. The fraction of sp³-hybridized carbons (Fsp3) is 0.500. The quantitative estimate of drug-likeness (QED) is 0.554. The van der Waals surface area contributed by atoms with E-state index in [1.165, 1.54) is 23.5 Å². The summed E-state index contributed by atoms with van der Waals surface area (Å²) in [6.07, 6.45) is 0. The molecule has 0 heterocycles. The van der Waals surface area contributed by atoms with Crippen molar-refractivity contribution in [2.75, 3.05) is 26.7 Å². The van der Waals surface area contributed by atoms with Crippen molar-refractivity contribution in [2.24, 2.45) is 0 Å². The van der Waals surface area contributed by atoms with E-state index < -0.39 is 34.0 Å². The molecule has 0 fully saturated rings. The van der Waals surface area contributed by atoms with Gasteiger partial charge in [0.2, 0.25) is 10.0 Å². The van der Waals surface area contributed by atoms with Crippen LogP contribution in [0.2, 0.25) is 0 Å². The minimum Gasteiger partial charge on any atom is -0.496 e. The van der Waals surface area contributed by atoms with Gasteiger partial charge in [-0.15, -0.1) is 0 Å². The number of nitrogens with zero attached hydrogens (tertiary/aromatic N) is 1. The van der Waals surface area contributed by atoms with Crippen molar-refractivity contribution < 1.29 is 33.0 Å². The summed E-state index contributed by atoms with van der Waals surface area (Å²) in [5.41, 5.74) is -2.24. The summed E-state index contributed by atoms with van der Waals surface area (Å²) in [6, 6.07) is 3.84. The number of rotatable bonds is 9. The van der Waals surface area contributed by atoms with Gasteiger partial charge in [0.05, 0.1) is 24.1 Å². The van der Waals surface area contributed by atoms with Crippen LogP contribution in [0.4, 0.5) is 0 Å². The Labute approximate surface area is 152 Å². The molecule has 9 nitrogen and oxygen atoms in total. The molecule has 0 aliphatic carbocycles. The van der Waals surface area contributed by atoms with E-state index in [4.69, 9.17) is 9.84 Å². The van der Waals surface area contributed by atoms with E-state index in [9.17, 15) is 23.1 Å². The molecule has 26 heavy (non-hydrogen) atoms. The maximum Gasteiger partial charge on any atom is 0.337 e. The summed E-state index contributed by atoms with van der Waals surface area (Å²) in [5, 5.41) is 20.8. The van der Waals surface area contributed by atoms with Gasteiger partial charge in [0.25, 0.3) is 5.91 Å². The molecule has 3 N–H and O–H groups in total. The first-order valence-electron chi connectivity index (χ1n) is 7.93. The van der Waals surface area contributed by atoms with E-state index in [2.05, 4.69) is 5.32 Å². The lowest BCUT2D eigenvalue weighted by atomic mass is 10.1. The highest BCUT2D eigenvalue weighted by Crippen LogP contribution is 2.24. The number of aliphatic carboxylic acids is 1. The molecule has 0 bridgehead atoms. The Morgan fingerprint density at radius 2 is 1.85 bits per heavy atom. The van der Waals surface area contributed by atoms with Gasteiger partial charge in [0.15, 0.2) is 5.60 Å². The van der Waals surface area contributed by atoms with Gasteiger partial charge in [0, 0.05) is 13.1 Å². The van der Waals surface area contributed by atoms with Gasteiger partial charge in [-0.05, 0) is 25.1 Å². The van der Waals surface area contributed by atoms with Crippen molar-refractivity contribution in [3.63, 3.8) is 0 Å². The maximum atomic E-state index is 12.6. The number of hydrogen-bond acceptors (Lipinski definition) is 6. The Balaban J connectivity index is 3.22. The molecule has 0 saturated carbocycles. The number of aliphatic hydroxyl groups is 1. The summed E-state index contributed by atoms with van der Waals surface area (Å²) in [7, 11) is -2.47. The highest BCUT2D eigenvalue weighted by Gasteiger charge is 2.31. The molecule has 0 saturated heterocycles.